The molecule has 0 aliphatic heterocycles. The number of nitrogens with zero attached hydrogens (tertiary/aromatic N) is 2. The van der Waals surface area contributed by atoms with Gasteiger partial charge in [-0.1, -0.05) is 18.5 Å². The number of carboxylic acid groups (broad SMARTS) is 1. The number of hydrogen-bond acceptors (Lipinski definition) is 5. The van der Waals surface area contributed by atoms with Crippen LogP contribution in [0.5, 0.6) is 0 Å². The van der Waals surface area contributed by atoms with Crippen molar-refractivity contribution < 1.29 is 28.0 Å². The number of carbonyl (C=O) groups is 1. The molecule has 2 rings (SSSR count). The van der Waals surface area contributed by atoms with Gasteiger partial charge in [-0.05, 0) is 24.6 Å². The smallest absolute Gasteiger partial charge is 0.418 e. The van der Waals surface area contributed by atoms with Crippen molar-refractivity contribution in [3.63, 3.8) is 0 Å². The molecule has 1 heterocycles. The van der Waals surface area contributed by atoms with E-state index in [9.17, 15) is 28.1 Å². The van der Waals surface area contributed by atoms with Gasteiger partial charge in [0.2, 0.25) is 0 Å². The summed E-state index contributed by atoms with van der Waals surface area (Å²) in [6, 6.07) is 4.00. The van der Waals surface area contributed by atoms with Crippen LogP contribution in [0.15, 0.2) is 30.5 Å². The Bertz CT molecular complexity index is 872. The van der Waals surface area contributed by atoms with Crippen molar-refractivity contribution >= 4 is 34.6 Å². The molecule has 0 spiro atoms. The van der Waals surface area contributed by atoms with Crippen LogP contribution in [0.25, 0.3) is 0 Å². The first-order valence-corrected chi connectivity index (χ1v) is 7.93. The van der Waals surface area contributed by atoms with Gasteiger partial charge in [0.1, 0.15) is 5.69 Å². The number of carboxylic acids is 1. The van der Waals surface area contributed by atoms with Crippen LogP contribution < -0.4 is 5.32 Å². The van der Waals surface area contributed by atoms with Crippen molar-refractivity contribution in [1.29, 1.82) is 0 Å². The average Bonchev–Trinajstić information content (AvgIpc) is 2.55. The predicted molar refractivity (Wildman–Crippen MR) is 91.3 cm³/mol. The zero-order valence-corrected chi connectivity index (χ0v) is 14.5. The number of nitro benzene ring substituents is 1. The fraction of sp³-hybridized carbons (Fsp3) is 0.250. The Morgan fingerprint density at radius 1 is 1.41 bits per heavy atom. The number of aromatic nitrogens is 1. The molecular weight excluding hydrogens is 391 g/mol. The fourth-order valence-corrected chi connectivity index (χ4v) is 2.65. The molecule has 27 heavy (non-hydrogen) atoms. The Balaban J connectivity index is 2.38. The Morgan fingerprint density at radius 3 is 2.52 bits per heavy atom. The van der Waals surface area contributed by atoms with Gasteiger partial charge in [0, 0.05) is 6.07 Å². The summed E-state index contributed by atoms with van der Waals surface area (Å²) in [5.41, 5.74) is -1.87. The van der Waals surface area contributed by atoms with Gasteiger partial charge in [-0.25, -0.2) is 0 Å². The molecule has 0 bridgehead atoms. The van der Waals surface area contributed by atoms with E-state index < -0.39 is 39.3 Å². The molecule has 1 aromatic carbocycles. The Morgan fingerprint density at radius 2 is 2.07 bits per heavy atom. The third kappa shape index (κ3) is 4.64. The number of alkyl halides is 3. The molecule has 144 valence electrons. The van der Waals surface area contributed by atoms with Crippen LogP contribution in [0.3, 0.4) is 0 Å². The average molecular weight is 404 g/mol. The second kappa shape index (κ2) is 7.78. The minimum atomic E-state index is -4.84. The lowest BCUT2D eigenvalue weighted by Crippen LogP contribution is -2.12. The number of nitro groups is 1. The SMILES string of the molecule is CCC(C(=O)O)c1ccc(Nc2cc(Cl)c(C(F)(F)F)cc2[N+](=O)[O-])cn1. The van der Waals surface area contributed by atoms with Crippen LogP contribution in [0.1, 0.15) is 30.5 Å². The summed E-state index contributed by atoms with van der Waals surface area (Å²) in [5, 5.41) is 22.1. The van der Waals surface area contributed by atoms with Crippen LogP contribution in [-0.4, -0.2) is 21.0 Å². The van der Waals surface area contributed by atoms with Gasteiger partial charge in [-0.3, -0.25) is 19.9 Å². The quantitative estimate of drug-likeness (QED) is 0.520. The van der Waals surface area contributed by atoms with E-state index in [4.69, 9.17) is 16.7 Å². The van der Waals surface area contributed by atoms with E-state index in [2.05, 4.69) is 10.3 Å². The molecule has 1 atom stereocenters. The lowest BCUT2D eigenvalue weighted by molar-refractivity contribution is -0.384. The monoisotopic (exact) mass is 403 g/mol. The summed E-state index contributed by atoms with van der Waals surface area (Å²) in [6.45, 7) is 1.68. The number of aliphatic carboxylic acids is 1. The first kappa shape index (κ1) is 20.4. The Kier molecular flexibility index (Phi) is 5.89. The molecular formula is C16H13ClF3N3O4. The summed E-state index contributed by atoms with van der Waals surface area (Å²) in [4.78, 5) is 25.3. The van der Waals surface area contributed by atoms with E-state index in [1.165, 1.54) is 18.3 Å². The van der Waals surface area contributed by atoms with Crippen molar-refractivity contribution in [3.05, 3.63) is 56.9 Å². The number of pyridine rings is 1. The standard InChI is InChI=1S/C16H13ClF3N3O4/c1-2-9(15(24)25)12-4-3-8(7-21-12)22-13-6-11(17)10(16(18,19)20)5-14(13)23(26)27/h3-7,9,22H,2H2,1H3,(H,24,25). The van der Waals surface area contributed by atoms with E-state index in [0.29, 0.717) is 12.5 Å². The van der Waals surface area contributed by atoms with E-state index >= 15 is 0 Å². The minimum Gasteiger partial charge on any atom is -0.481 e. The van der Waals surface area contributed by atoms with Crippen molar-refractivity contribution in [2.75, 3.05) is 5.32 Å². The zero-order valence-electron chi connectivity index (χ0n) is 13.7. The topological polar surface area (TPSA) is 105 Å². The summed E-state index contributed by atoms with van der Waals surface area (Å²) in [5.74, 6) is -1.86. The normalized spacial score (nSPS) is 12.5. The van der Waals surface area contributed by atoms with Gasteiger partial charge in [0.25, 0.3) is 5.69 Å². The van der Waals surface area contributed by atoms with Crippen molar-refractivity contribution in [1.82, 2.24) is 4.98 Å². The first-order valence-electron chi connectivity index (χ1n) is 7.55. The second-order valence-corrected chi connectivity index (χ2v) is 5.91. The van der Waals surface area contributed by atoms with Crippen LogP contribution in [0, 0.1) is 10.1 Å². The van der Waals surface area contributed by atoms with Crippen LogP contribution in [0.4, 0.5) is 30.2 Å². The highest BCUT2D eigenvalue weighted by molar-refractivity contribution is 6.31. The maximum atomic E-state index is 12.9. The molecule has 0 fully saturated rings. The second-order valence-electron chi connectivity index (χ2n) is 5.50. The number of rotatable bonds is 6. The van der Waals surface area contributed by atoms with Crippen molar-refractivity contribution in [2.24, 2.45) is 0 Å². The van der Waals surface area contributed by atoms with Crippen molar-refractivity contribution in [3.8, 4) is 0 Å². The van der Waals surface area contributed by atoms with E-state index in [-0.39, 0.29) is 17.1 Å². The molecule has 0 aliphatic rings. The summed E-state index contributed by atoms with van der Waals surface area (Å²) in [7, 11) is 0. The first-order chi connectivity index (χ1) is 12.5. The summed E-state index contributed by atoms with van der Waals surface area (Å²) >= 11 is 5.61. The highest BCUT2D eigenvalue weighted by Crippen LogP contribution is 2.41. The number of halogens is 4. The molecule has 1 unspecified atom stereocenters. The number of hydrogen-bond donors (Lipinski definition) is 2. The number of benzene rings is 1. The van der Waals surface area contributed by atoms with E-state index in [1.54, 1.807) is 6.92 Å². The van der Waals surface area contributed by atoms with Gasteiger partial charge in [0.15, 0.2) is 0 Å². The summed E-state index contributed by atoms with van der Waals surface area (Å²) < 4.78 is 38.7. The van der Waals surface area contributed by atoms with Crippen LogP contribution >= 0.6 is 11.6 Å². The fourth-order valence-electron chi connectivity index (χ4n) is 2.38. The Hall–Kier alpha value is -2.88. The molecule has 0 amide bonds. The molecule has 2 aromatic rings. The van der Waals surface area contributed by atoms with Crippen LogP contribution in [-0.2, 0) is 11.0 Å². The lowest BCUT2D eigenvalue weighted by Gasteiger charge is -2.13. The maximum Gasteiger partial charge on any atom is 0.418 e. The highest BCUT2D eigenvalue weighted by atomic mass is 35.5. The van der Waals surface area contributed by atoms with Gasteiger partial charge < -0.3 is 10.4 Å². The van der Waals surface area contributed by atoms with E-state index in [0.717, 1.165) is 6.07 Å². The maximum absolute atomic E-state index is 12.9. The molecule has 1 aromatic heterocycles. The summed E-state index contributed by atoms with van der Waals surface area (Å²) in [6.07, 6.45) is -3.29. The van der Waals surface area contributed by atoms with Gasteiger partial charge in [-0.2, -0.15) is 13.2 Å². The molecule has 7 nitrogen and oxygen atoms in total. The molecule has 0 radical (unpaired) electrons. The van der Waals surface area contributed by atoms with Gasteiger partial charge in [-0.15, -0.1) is 0 Å². The largest absolute Gasteiger partial charge is 0.481 e. The molecule has 11 heteroatoms. The zero-order chi connectivity index (χ0) is 20.4. The predicted octanol–water partition coefficient (Wildman–Crippen LogP) is 4.98. The third-order valence-corrected chi connectivity index (χ3v) is 4.03. The molecule has 0 saturated carbocycles. The number of nitrogens with one attached hydrogen (secondary N) is 1. The van der Waals surface area contributed by atoms with Crippen LogP contribution in [0.2, 0.25) is 5.02 Å². The minimum absolute atomic E-state index is 0.220. The molecule has 0 aliphatic carbocycles. The van der Waals surface area contributed by atoms with Gasteiger partial charge >= 0.3 is 12.1 Å². The lowest BCUT2D eigenvalue weighted by atomic mass is 10.0. The molecule has 0 saturated heterocycles. The van der Waals surface area contributed by atoms with Gasteiger partial charge in [0.05, 0.1) is 39.0 Å². The van der Waals surface area contributed by atoms with E-state index in [1.807, 2.05) is 0 Å². The van der Waals surface area contributed by atoms with Crippen molar-refractivity contribution in [2.45, 2.75) is 25.4 Å². The third-order valence-electron chi connectivity index (χ3n) is 3.72. The Labute approximate surface area is 155 Å². The number of anilines is 2. The highest BCUT2D eigenvalue weighted by Gasteiger charge is 2.36. The molecule has 2 N–H and O–H groups in total.